The predicted octanol–water partition coefficient (Wildman–Crippen LogP) is 3.48. The van der Waals surface area contributed by atoms with Gasteiger partial charge in [-0.05, 0) is 44.9 Å². The van der Waals surface area contributed by atoms with Gasteiger partial charge in [0.15, 0.2) is 0 Å². The van der Waals surface area contributed by atoms with E-state index in [2.05, 4.69) is 50.4 Å². The van der Waals surface area contributed by atoms with Gasteiger partial charge in [-0.1, -0.05) is 31.2 Å². The zero-order valence-corrected chi connectivity index (χ0v) is 13.3. The maximum Gasteiger partial charge on any atom is 0.0956 e. The number of benzene rings is 1. The number of aryl methyl sites for hydroxylation is 1. The minimum absolute atomic E-state index is 0.0817. The quantitative estimate of drug-likeness (QED) is 0.665. The topological polar surface area (TPSA) is 30.5 Å². The third-order valence-electron chi connectivity index (χ3n) is 3.25. The van der Waals surface area contributed by atoms with E-state index in [1.807, 2.05) is 6.92 Å². The lowest BCUT2D eigenvalue weighted by Crippen LogP contribution is -2.28. The van der Waals surface area contributed by atoms with Crippen molar-refractivity contribution in [2.45, 2.75) is 46.3 Å². The molecule has 1 rings (SSSR count). The standard InChI is InChI=1S/C17H29NO2/c1-5-11-18-12-17(20-15(4)13-19-6-2)16-10-8-7-9-14(16)3/h7-10,15,17-18H,5-6,11-13H2,1-4H3. The first-order valence-corrected chi connectivity index (χ1v) is 7.68. The zero-order valence-electron chi connectivity index (χ0n) is 13.3. The van der Waals surface area contributed by atoms with Crippen LogP contribution in [-0.2, 0) is 9.47 Å². The summed E-state index contributed by atoms with van der Waals surface area (Å²) in [4.78, 5) is 0. The molecule has 0 saturated heterocycles. The van der Waals surface area contributed by atoms with Crippen LogP contribution in [0.2, 0.25) is 0 Å². The first-order valence-electron chi connectivity index (χ1n) is 7.68. The fraction of sp³-hybridized carbons (Fsp3) is 0.647. The Morgan fingerprint density at radius 2 is 1.95 bits per heavy atom. The van der Waals surface area contributed by atoms with E-state index in [1.165, 1.54) is 11.1 Å². The lowest BCUT2D eigenvalue weighted by atomic mass is 10.0. The van der Waals surface area contributed by atoms with Crippen LogP contribution in [0.25, 0.3) is 0 Å². The van der Waals surface area contributed by atoms with Crippen LogP contribution in [-0.4, -0.2) is 32.4 Å². The Hall–Kier alpha value is -0.900. The predicted molar refractivity (Wildman–Crippen MR) is 84.1 cm³/mol. The molecular weight excluding hydrogens is 250 g/mol. The van der Waals surface area contributed by atoms with Gasteiger partial charge >= 0.3 is 0 Å². The van der Waals surface area contributed by atoms with Gasteiger partial charge in [0.05, 0.1) is 18.8 Å². The third-order valence-corrected chi connectivity index (χ3v) is 3.25. The smallest absolute Gasteiger partial charge is 0.0956 e. The maximum absolute atomic E-state index is 6.18. The third kappa shape index (κ3) is 6.04. The number of rotatable bonds is 10. The highest BCUT2D eigenvalue weighted by Crippen LogP contribution is 2.22. The van der Waals surface area contributed by atoms with Crippen molar-refractivity contribution in [2.24, 2.45) is 0 Å². The first-order chi connectivity index (χ1) is 9.69. The molecule has 2 atom stereocenters. The van der Waals surface area contributed by atoms with Gasteiger partial charge in [0.1, 0.15) is 0 Å². The van der Waals surface area contributed by atoms with Crippen molar-refractivity contribution in [3.8, 4) is 0 Å². The lowest BCUT2D eigenvalue weighted by molar-refractivity contribution is -0.0471. The summed E-state index contributed by atoms with van der Waals surface area (Å²) in [6.45, 7) is 11.6. The minimum Gasteiger partial charge on any atom is -0.379 e. The minimum atomic E-state index is 0.0817. The number of hydrogen-bond acceptors (Lipinski definition) is 3. The number of nitrogens with one attached hydrogen (secondary N) is 1. The van der Waals surface area contributed by atoms with E-state index in [0.717, 1.165) is 26.1 Å². The highest BCUT2D eigenvalue weighted by atomic mass is 16.5. The molecule has 0 saturated carbocycles. The molecule has 0 aliphatic rings. The molecule has 1 aromatic rings. The monoisotopic (exact) mass is 279 g/mol. The largest absolute Gasteiger partial charge is 0.379 e. The van der Waals surface area contributed by atoms with Crippen LogP contribution < -0.4 is 5.32 Å². The Bertz CT molecular complexity index is 368. The fourth-order valence-corrected chi connectivity index (χ4v) is 2.19. The Morgan fingerprint density at radius 1 is 1.20 bits per heavy atom. The molecule has 0 fully saturated rings. The van der Waals surface area contributed by atoms with Gasteiger partial charge in [-0.2, -0.15) is 0 Å². The summed E-state index contributed by atoms with van der Waals surface area (Å²) in [5.41, 5.74) is 2.54. The van der Waals surface area contributed by atoms with Gasteiger partial charge in [0.25, 0.3) is 0 Å². The average Bonchev–Trinajstić information content (AvgIpc) is 2.45. The summed E-state index contributed by atoms with van der Waals surface area (Å²) in [7, 11) is 0. The molecule has 0 heterocycles. The van der Waals surface area contributed by atoms with Crippen molar-refractivity contribution in [2.75, 3.05) is 26.3 Å². The highest BCUT2D eigenvalue weighted by molar-refractivity contribution is 5.28. The number of hydrogen-bond donors (Lipinski definition) is 1. The Kier molecular flexibility index (Phi) is 8.51. The summed E-state index contributed by atoms with van der Waals surface area (Å²) in [5, 5.41) is 3.46. The van der Waals surface area contributed by atoms with Crippen molar-refractivity contribution in [3.05, 3.63) is 35.4 Å². The highest BCUT2D eigenvalue weighted by Gasteiger charge is 2.17. The molecular formula is C17H29NO2. The Labute approximate surface area is 123 Å². The molecule has 0 amide bonds. The summed E-state index contributed by atoms with van der Waals surface area (Å²) in [6, 6.07) is 8.43. The van der Waals surface area contributed by atoms with Crippen molar-refractivity contribution < 1.29 is 9.47 Å². The molecule has 20 heavy (non-hydrogen) atoms. The second-order valence-electron chi connectivity index (χ2n) is 5.16. The molecule has 3 heteroatoms. The van der Waals surface area contributed by atoms with E-state index in [1.54, 1.807) is 0 Å². The SMILES string of the molecule is CCCNCC(OC(C)COCC)c1ccccc1C. The van der Waals surface area contributed by atoms with Crippen molar-refractivity contribution in [1.82, 2.24) is 5.32 Å². The van der Waals surface area contributed by atoms with Gasteiger partial charge in [0, 0.05) is 13.2 Å². The van der Waals surface area contributed by atoms with Crippen LogP contribution in [0.15, 0.2) is 24.3 Å². The number of ether oxygens (including phenoxy) is 2. The van der Waals surface area contributed by atoms with Crippen molar-refractivity contribution in [3.63, 3.8) is 0 Å². The van der Waals surface area contributed by atoms with E-state index >= 15 is 0 Å². The summed E-state index contributed by atoms with van der Waals surface area (Å²) in [5.74, 6) is 0. The average molecular weight is 279 g/mol. The Morgan fingerprint density at radius 3 is 2.60 bits per heavy atom. The van der Waals surface area contributed by atoms with Crippen molar-refractivity contribution in [1.29, 1.82) is 0 Å². The molecule has 0 radical (unpaired) electrons. The summed E-state index contributed by atoms with van der Waals surface area (Å²) in [6.07, 6.45) is 1.32. The van der Waals surface area contributed by atoms with Gasteiger partial charge in [0.2, 0.25) is 0 Å². The van der Waals surface area contributed by atoms with E-state index in [0.29, 0.717) is 6.61 Å². The molecule has 1 N–H and O–H groups in total. The lowest BCUT2D eigenvalue weighted by Gasteiger charge is -2.24. The van der Waals surface area contributed by atoms with Gasteiger partial charge < -0.3 is 14.8 Å². The van der Waals surface area contributed by atoms with Gasteiger partial charge in [-0.3, -0.25) is 0 Å². The van der Waals surface area contributed by atoms with Crippen LogP contribution in [0, 0.1) is 6.92 Å². The van der Waals surface area contributed by atoms with Gasteiger partial charge in [-0.25, -0.2) is 0 Å². The van der Waals surface area contributed by atoms with Crippen LogP contribution in [0.5, 0.6) is 0 Å². The first kappa shape index (κ1) is 17.2. The molecule has 0 spiro atoms. The zero-order chi connectivity index (χ0) is 14.8. The fourth-order valence-electron chi connectivity index (χ4n) is 2.19. The maximum atomic E-state index is 6.18. The van der Waals surface area contributed by atoms with Crippen LogP contribution >= 0.6 is 0 Å². The molecule has 0 aliphatic carbocycles. The van der Waals surface area contributed by atoms with Gasteiger partial charge in [-0.15, -0.1) is 0 Å². The van der Waals surface area contributed by atoms with Crippen molar-refractivity contribution >= 4 is 0 Å². The van der Waals surface area contributed by atoms with Crippen LogP contribution in [0.1, 0.15) is 44.4 Å². The second-order valence-corrected chi connectivity index (χ2v) is 5.16. The van der Waals surface area contributed by atoms with E-state index in [4.69, 9.17) is 9.47 Å². The van der Waals surface area contributed by atoms with Crippen LogP contribution in [0.4, 0.5) is 0 Å². The molecule has 0 bridgehead atoms. The molecule has 0 aromatic heterocycles. The normalized spacial score (nSPS) is 14.2. The second kappa shape index (κ2) is 9.92. The van der Waals surface area contributed by atoms with Crippen LogP contribution in [0.3, 0.4) is 0 Å². The molecule has 2 unspecified atom stereocenters. The molecule has 114 valence electrons. The summed E-state index contributed by atoms with van der Waals surface area (Å²) < 4.78 is 11.6. The van der Waals surface area contributed by atoms with E-state index < -0.39 is 0 Å². The van der Waals surface area contributed by atoms with E-state index in [9.17, 15) is 0 Å². The molecule has 1 aromatic carbocycles. The molecule has 0 aliphatic heterocycles. The molecule has 3 nitrogen and oxygen atoms in total. The summed E-state index contributed by atoms with van der Waals surface area (Å²) >= 11 is 0. The van der Waals surface area contributed by atoms with E-state index in [-0.39, 0.29) is 12.2 Å². The Balaban J connectivity index is 2.67.